The summed E-state index contributed by atoms with van der Waals surface area (Å²) in [6, 6.07) is 14.6. The standard InChI is InChI=1S/C22H28N3O6P/c23-19(15-17-8-10-18(11-9-17)31-32(28,29)30)21(26)24-22(27)20-7-4-13-25(20)14-12-16-5-2-1-3-6-16/h1-3,5-6,8-11,19-20H,4,7,12-15,23H2,(H,24,26,27)(H2,28,29,30)/t19-,20-/m0/s1. The average molecular weight is 461 g/mol. The van der Waals surface area contributed by atoms with Gasteiger partial charge in [-0.1, -0.05) is 42.5 Å². The van der Waals surface area contributed by atoms with Gasteiger partial charge in [0.05, 0.1) is 12.1 Å². The molecule has 5 N–H and O–H groups in total. The largest absolute Gasteiger partial charge is 0.524 e. The molecule has 1 saturated heterocycles. The van der Waals surface area contributed by atoms with Crippen LogP contribution in [-0.4, -0.2) is 51.7 Å². The van der Waals surface area contributed by atoms with Gasteiger partial charge in [-0.25, -0.2) is 4.57 Å². The number of carbonyl (C=O) groups is 2. The maximum Gasteiger partial charge on any atom is 0.524 e. The molecule has 0 aromatic heterocycles. The van der Waals surface area contributed by atoms with E-state index >= 15 is 0 Å². The van der Waals surface area contributed by atoms with Gasteiger partial charge in [-0.2, -0.15) is 0 Å². The minimum absolute atomic E-state index is 0.00658. The lowest BCUT2D eigenvalue weighted by atomic mass is 10.1. The molecule has 0 unspecified atom stereocenters. The molecule has 2 atom stereocenters. The first-order valence-corrected chi connectivity index (χ1v) is 12.0. The minimum Gasteiger partial charge on any atom is -0.404 e. The van der Waals surface area contributed by atoms with Gasteiger partial charge in [-0.15, -0.1) is 0 Å². The Labute approximate surface area is 186 Å². The monoisotopic (exact) mass is 461 g/mol. The van der Waals surface area contributed by atoms with Crippen molar-refractivity contribution in [3.8, 4) is 5.75 Å². The topological polar surface area (TPSA) is 142 Å². The number of nitrogens with two attached hydrogens (primary N) is 1. The Morgan fingerprint density at radius 2 is 1.81 bits per heavy atom. The molecule has 1 aliphatic rings. The number of hydrogen-bond donors (Lipinski definition) is 4. The molecule has 10 heteroatoms. The number of imide groups is 1. The van der Waals surface area contributed by atoms with E-state index < -0.39 is 19.8 Å². The van der Waals surface area contributed by atoms with Crippen LogP contribution in [0.2, 0.25) is 0 Å². The van der Waals surface area contributed by atoms with Gasteiger partial charge in [0.25, 0.3) is 0 Å². The lowest BCUT2D eigenvalue weighted by Gasteiger charge is -2.24. The molecule has 1 aliphatic heterocycles. The third-order valence-corrected chi connectivity index (χ3v) is 5.83. The van der Waals surface area contributed by atoms with E-state index in [-0.39, 0.29) is 24.1 Å². The molecule has 1 heterocycles. The summed E-state index contributed by atoms with van der Waals surface area (Å²) in [7, 11) is -4.63. The minimum atomic E-state index is -4.63. The average Bonchev–Trinajstić information content (AvgIpc) is 3.22. The Hall–Kier alpha value is -2.55. The first kappa shape index (κ1) is 24.1. The zero-order valence-electron chi connectivity index (χ0n) is 17.6. The number of amides is 2. The normalized spacial score (nSPS) is 17.7. The van der Waals surface area contributed by atoms with E-state index in [1.807, 2.05) is 18.2 Å². The Kier molecular flexibility index (Phi) is 8.17. The predicted molar refractivity (Wildman–Crippen MR) is 119 cm³/mol. The number of hydrogen-bond acceptors (Lipinski definition) is 6. The highest BCUT2D eigenvalue weighted by atomic mass is 31.2. The molecule has 0 saturated carbocycles. The molecule has 0 radical (unpaired) electrons. The molecule has 32 heavy (non-hydrogen) atoms. The first-order valence-electron chi connectivity index (χ1n) is 10.4. The van der Waals surface area contributed by atoms with Crippen LogP contribution in [0.15, 0.2) is 54.6 Å². The third kappa shape index (κ3) is 7.25. The number of carbonyl (C=O) groups excluding carboxylic acids is 2. The Morgan fingerprint density at radius 1 is 1.12 bits per heavy atom. The highest BCUT2D eigenvalue weighted by molar-refractivity contribution is 7.46. The van der Waals surface area contributed by atoms with Crippen molar-refractivity contribution >= 4 is 19.6 Å². The lowest BCUT2D eigenvalue weighted by molar-refractivity contribution is -0.133. The van der Waals surface area contributed by atoms with E-state index in [0.717, 1.165) is 25.9 Å². The zero-order chi connectivity index (χ0) is 23.1. The molecule has 3 rings (SSSR count). The Morgan fingerprint density at radius 3 is 2.47 bits per heavy atom. The van der Waals surface area contributed by atoms with Crippen molar-refractivity contribution in [2.24, 2.45) is 5.73 Å². The van der Waals surface area contributed by atoms with E-state index in [2.05, 4.69) is 26.9 Å². The van der Waals surface area contributed by atoms with Crippen LogP contribution < -0.4 is 15.6 Å². The van der Waals surface area contributed by atoms with Gasteiger partial charge in [-0.05, 0) is 55.5 Å². The molecule has 172 valence electrons. The summed E-state index contributed by atoms with van der Waals surface area (Å²) in [6.07, 6.45) is 2.60. The molecule has 2 aromatic rings. The number of likely N-dealkylation sites (tertiary alicyclic amines) is 1. The van der Waals surface area contributed by atoms with Crippen LogP contribution in [0.4, 0.5) is 0 Å². The molecule has 9 nitrogen and oxygen atoms in total. The quantitative estimate of drug-likeness (QED) is 0.410. The summed E-state index contributed by atoms with van der Waals surface area (Å²) in [5.74, 6) is -0.881. The van der Waals surface area contributed by atoms with Crippen LogP contribution in [0, 0.1) is 0 Å². The smallest absolute Gasteiger partial charge is 0.404 e. The Bertz CT molecular complexity index is 963. The number of phosphoric acid groups is 1. The molecule has 0 aliphatic carbocycles. The summed E-state index contributed by atoms with van der Waals surface area (Å²) >= 11 is 0. The van der Waals surface area contributed by atoms with Gasteiger partial charge in [0, 0.05) is 6.54 Å². The van der Waals surface area contributed by atoms with Crippen LogP contribution >= 0.6 is 7.82 Å². The molecular weight excluding hydrogens is 433 g/mol. The fraction of sp³-hybridized carbons (Fsp3) is 0.364. The van der Waals surface area contributed by atoms with Gasteiger partial charge in [0.1, 0.15) is 5.75 Å². The van der Waals surface area contributed by atoms with Crippen molar-refractivity contribution < 1.29 is 28.5 Å². The highest BCUT2D eigenvalue weighted by Gasteiger charge is 2.32. The second-order valence-electron chi connectivity index (χ2n) is 7.82. The lowest BCUT2D eigenvalue weighted by Crippen LogP contribution is -2.51. The van der Waals surface area contributed by atoms with Gasteiger partial charge in [-0.3, -0.25) is 29.6 Å². The summed E-state index contributed by atoms with van der Waals surface area (Å²) in [6.45, 7) is 1.56. The number of benzene rings is 2. The SMILES string of the molecule is N[C@@H](Cc1ccc(OP(=O)(O)O)cc1)C(=O)NC(=O)[C@@H]1CCCN1CCc1ccccc1. The molecule has 2 aromatic carbocycles. The maximum atomic E-state index is 12.7. The van der Waals surface area contributed by atoms with Crippen LogP contribution in [-0.2, 0) is 27.0 Å². The van der Waals surface area contributed by atoms with Crippen molar-refractivity contribution in [1.29, 1.82) is 0 Å². The van der Waals surface area contributed by atoms with Crippen molar-refractivity contribution in [2.45, 2.75) is 37.8 Å². The predicted octanol–water partition coefficient (Wildman–Crippen LogP) is 1.38. The third-order valence-electron chi connectivity index (χ3n) is 5.38. The van der Waals surface area contributed by atoms with E-state index in [1.165, 1.54) is 17.7 Å². The van der Waals surface area contributed by atoms with Gasteiger partial charge >= 0.3 is 7.82 Å². The molecule has 2 amide bonds. The van der Waals surface area contributed by atoms with Crippen molar-refractivity contribution in [3.63, 3.8) is 0 Å². The van der Waals surface area contributed by atoms with Crippen molar-refractivity contribution in [1.82, 2.24) is 10.2 Å². The summed E-state index contributed by atoms with van der Waals surface area (Å²) in [5.41, 5.74) is 7.84. The summed E-state index contributed by atoms with van der Waals surface area (Å²) < 4.78 is 15.3. The van der Waals surface area contributed by atoms with Gasteiger partial charge in [0.2, 0.25) is 11.8 Å². The zero-order valence-corrected chi connectivity index (χ0v) is 18.5. The second kappa shape index (κ2) is 10.8. The number of nitrogens with zero attached hydrogens (tertiary/aromatic N) is 1. The molecular formula is C22H28N3O6P. The number of phosphoric ester groups is 1. The molecule has 0 bridgehead atoms. The highest BCUT2D eigenvalue weighted by Crippen LogP contribution is 2.37. The molecule has 0 spiro atoms. The fourth-order valence-corrected chi connectivity index (χ4v) is 4.17. The van der Waals surface area contributed by atoms with E-state index in [1.54, 1.807) is 12.1 Å². The number of rotatable bonds is 9. The summed E-state index contributed by atoms with van der Waals surface area (Å²) in [5, 5.41) is 2.44. The van der Waals surface area contributed by atoms with Crippen LogP contribution in [0.3, 0.4) is 0 Å². The Balaban J connectivity index is 1.49. The second-order valence-corrected chi connectivity index (χ2v) is 8.98. The van der Waals surface area contributed by atoms with E-state index in [0.29, 0.717) is 12.0 Å². The maximum absolute atomic E-state index is 12.7. The van der Waals surface area contributed by atoms with Crippen LogP contribution in [0.25, 0.3) is 0 Å². The fourth-order valence-electron chi connectivity index (χ4n) is 3.78. The van der Waals surface area contributed by atoms with Crippen molar-refractivity contribution in [2.75, 3.05) is 13.1 Å². The van der Waals surface area contributed by atoms with E-state index in [4.69, 9.17) is 15.5 Å². The van der Waals surface area contributed by atoms with E-state index in [9.17, 15) is 14.2 Å². The molecule has 1 fully saturated rings. The summed E-state index contributed by atoms with van der Waals surface area (Å²) in [4.78, 5) is 44.9. The first-order chi connectivity index (χ1) is 15.2. The van der Waals surface area contributed by atoms with Crippen LogP contribution in [0.1, 0.15) is 24.0 Å². The van der Waals surface area contributed by atoms with Gasteiger partial charge in [0.15, 0.2) is 0 Å². The number of nitrogens with one attached hydrogen (secondary N) is 1. The van der Waals surface area contributed by atoms with Crippen molar-refractivity contribution in [3.05, 3.63) is 65.7 Å². The van der Waals surface area contributed by atoms with Crippen LogP contribution in [0.5, 0.6) is 5.75 Å². The van der Waals surface area contributed by atoms with Gasteiger partial charge < -0.3 is 10.3 Å².